The molecule has 0 atom stereocenters. The quantitative estimate of drug-likeness (QED) is 0.686. The predicted molar refractivity (Wildman–Crippen MR) is 103 cm³/mol. The number of carbonyl (C=O) groups excluding carboxylic acids is 1. The van der Waals surface area contributed by atoms with Gasteiger partial charge in [-0.25, -0.2) is 12.8 Å². The summed E-state index contributed by atoms with van der Waals surface area (Å²) in [5, 5.41) is 4.51. The normalized spacial score (nSPS) is 11.2. The van der Waals surface area contributed by atoms with E-state index in [0.717, 1.165) is 11.8 Å². The van der Waals surface area contributed by atoms with Gasteiger partial charge in [0.2, 0.25) is 10.0 Å². The van der Waals surface area contributed by atoms with Crippen LogP contribution in [-0.2, 0) is 10.0 Å². The van der Waals surface area contributed by atoms with E-state index in [1.807, 2.05) is 0 Å². The topological polar surface area (TPSA) is 75.3 Å². The maximum absolute atomic E-state index is 13.3. The van der Waals surface area contributed by atoms with Crippen LogP contribution in [0, 0.1) is 5.82 Å². The number of halogens is 1. The van der Waals surface area contributed by atoms with Crippen molar-refractivity contribution in [1.29, 1.82) is 0 Å². The summed E-state index contributed by atoms with van der Waals surface area (Å²) >= 11 is 1.25. The molecule has 0 aliphatic carbocycles. The maximum Gasteiger partial charge on any atom is 0.265 e. The molecular formula is C18H15FN2O3S2. The zero-order valence-electron chi connectivity index (χ0n) is 13.7. The summed E-state index contributed by atoms with van der Waals surface area (Å²) in [5.74, 6) is -0.663. The lowest BCUT2D eigenvalue weighted by Crippen LogP contribution is -2.12. The minimum atomic E-state index is -3.40. The summed E-state index contributed by atoms with van der Waals surface area (Å²) < 4.78 is 38.3. The summed E-state index contributed by atoms with van der Waals surface area (Å²) in [7, 11) is -3.40. The molecule has 0 fully saturated rings. The molecular weight excluding hydrogens is 375 g/mol. The molecule has 0 bridgehead atoms. The fourth-order valence-electron chi connectivity index (χ4n) is 2.34. The van der Waals surface area contributed by atoms with E-state index >= 15 is 0 Å². The van der Waals surface area contributed by atoms with E-state index in [1.165, 1.54) is 29.5 Å². The first-order valence-corrected chi connectivity index (χ1v) is 10.3. The second-order valence-corrected chi connectivity index (χ2v) is 8.28. The second-order valence-electron chi connectivity index (χ2n) is 5.62. The molecule has 0 aliphatic rings. The van der Waals surface area contributed by atoms with Crippen molar-refractivity contribution in [2.75, 3.05) is 16.3 Å². The smallest absolute Gasteiger partial charge is 0.265 e. The van der Waals surface area contributed by atoms with Crippen molar-refractivity contribution >= 4 is 38.6 Å². The summed E-state index contributed by atoms with van der Waals surface area (Å²) in [4.78, 5) is 12.9. The first-order valence-electron chi connectivity index (χ1n) is 7.54. The fourth-order valence-corrected chi connectivity index (χ4v) is 3.71. The van der Waals surface area contributed by atoms with Crippen LogP contribution in [0.25, 0.3) is 11.1 Å². The lowest BCUT2D eigenvalue weighted by molar-refractivity contribution is 0.103. The Bertz CT molecular complexity index is 1060. The second kappa shape index (κ2) is 7.27. The van der Waals surface area contributed by atoms with Crippen molar-refractivity contribution in [1.82, 2.24) is 0 Å². The van der Waals surface area contributed by atoms with Crippen molar-refractivity contribution in [3.8, 4) is 11.1 Å². The number of hydrogen-bond donors (Lipinski definition) is 2. The third kappa shape index (κ3) is 4.68. The largest absolute Gasteiger partial charge is 0.321 e. The third-order valence-corrected chi connectivity index (χ3v) is 4.94. The maximum atomic E-state index is 13.3. The zero-order chi connectivity index (χ0) is 18.7. The minimum Gasteiger partial charge on any atom is -0.321 e. The van der Waals surface area contributed by atoms with Crippen molar-refractivity contribution in [2.45, 2.75) is 0 Å². The molecule has 5 nitrogen and oxygen atoms in total. The Kier molecular flexibility index (Phi) is 5.06. The van der Waals surface area contributed by atoms with Gasteiger partial charge < -0.3 is 5.32 Å². The van der Waals surface area contributed by atoms with Gasteiger partial charge >= 0.3 is 0 Å². The van der Waals surface area contributed by atoms with Crippen LogP contribution in [0.2, 0.25) is 0 Å². The Morgan fingerprint density at radius 2 is 1.73 bits per heavy atom. The van der Waals surface area contributed by atoms with Gasteiger partial charge in [-0.05, 0) is 52.9 Å². The van der Waals surface area contributed by atoms with Crippen molar-refractivity contribution in [2.24, 2.45) is 0 Å². The van der Waals surface area contributed by atoms with E-state index in [4.69, 9.17) is 0 Å². The third-order valence-electron chi connectivity index (χ3n) is 3.40. The SMILES string of the molecule is CS(=O)(=O)Nc1cccc(NC(=O)c2cc(-c3cccc(F)c3)cs2)c1. The van der Waals surface area contributed by atoms with E-state index < -0.39 is 10.0 Å². The van der Waals surface area contributed by atoms with Crippen LogP contribution >= 0.6 is 11.3 Å². The van der Waals surface area contributed by atoms with Crippen molar-refractivity contribution < 1.29 is 17.6 Å². The van der Waals surface area contributed by atoms with Crippen LogP contribution in [0.3, 0.4) is 0 Å². The Labute approximate surface area is 154 Å². The molecule has 0 aliphatic heterocycles. The predicted octanol–water partition coefficient (Wildman–Crippen LogP) is 4.18. The van der Waals surface area contributed by atoms with E-state index in [1.54, 1.807) is 41.8 Å². The summed E-state index contributed by atoms with van der Waals surface area (Å²) in [6.07, 6.45) is 1.05. The van der Waals surface area contributed by atoms with Crippen LogP contribution in [-0.4, -0.2) is 20.6 Å². The Morgan fingerprint density at radius 1 is 1.00 bits per heavy atom. The van der Waals surface area contributed by atoms with Gasteiger partial charge in [-0.3, -0.25) is 9.52 Å². The molecule has 0 saturated heterocycles. The van der Waals surface area contributed by atoms with Crippen LogP contribution in [0.15, 0.2) is 60.0 Å². The summed E-state index contributed by atoms with van der Waals surface area (Å²) in [6, 6.07) is 14.3. The molecule has 2 aromatic carbocycles. The lowest BCUT2D eigenvalue weighted by atomic mass is 10.1. The van der Waals surface area contributed by atoms with Crippen molar-refractivity contribution in [3.63, 3.8) is 0 Å². The highest BCUT2D eigenvalue weighted by atomic mass is 32.2. The van der Waals surface area contributed by atoms with E-state index in [-0.39, 0.29) is 11.7 Å². The molecule has 1 heterocycles. The van der Waals surface area contributed by atoms with Gasteiger partial charge in [-0.1, -0.05) is 18.2 Å². The molecule has 26 heavy (non-hydrogen) atoms. The van der Waals surface area contributed by atoms with Crippen LogP contribution in [0.4, 0.5) is 15.8 Å². The van der Waals surface area contributed by atoms with Gasteiger partial charge in [-0.15, -0.1) is 11.3 Å². The van der Waals surface area contributed by atoms with E-state index in [2.05, 4.69) is 10.0 Å². The summed E-state index contributed by atoms with van der Waals surface area (Å²) in [6.45, 7) is 0. The number of nitrogens with one attached hydrogen (secondary N) is 2. The van der Waals surface area contributed by atoms with Gasteiger partial charge in [0, 0.05) is 5.69 Å². The highest BCUT2D eigenvalue weighted by Crippen LogP contribution is 2.27. The Hall–Kier alpha value is -2.71. The van der Waals surface area contributed by atoms with E-state index in [9.17, 15) is 17.6 Å². The Balaban J connectivity index is 1.76. The molecule has 2 N–H and O–H groups in total. The first-order chi connectivity index (χ1) is 12.3. The number of anilines is 2. The number of hydrogen-bond acceptors (Lipinski definition) is 4. The van der Waals surface area contributed by atoms with Gasteiger partial charge in [0.15, 0.2) is 0 Å². The molecule has 1 aromatic heterocycles. The number of rotatable bonds is 5. The minimum absolute atomic E-state index is 0.325. The average Bonchev–Trinajstić information content (AvgIpc) is 3.03. The first kappa shape index (κ1) is 18.1. The molecule has 0 spiro atoms. The Morgan fingerprint density at radius 3 is 2.46 bits per heavy atom. The standard InChI is InChI=1S/C18H15FN2O3S2/c1-26(23,24)21-16-7-3-6-15(10-16)20-18(22)17-9-13(11-25-17)12-4-2-5-14(19)8-12/h2-11,21H,1H3,(H,20,22). The molecule has 0 radical (unpaired) electrons. The zero-order valence-corrected chi connectivity index (χ0v) is 15.3. The molecule has 134 valence electrons. The molecule has 0 unspecified atom stereocenters. The fraction of sp³-hybridized carbons (Fsp3) is 0.0556. The number of thiophene rings is 1. The summed E-state index contributed by atoms with van der Waals surface area (Å²) in [5.41, 5.74) is 2.27. The monoisotopic (exact) mass is 390 g/mol. The number of amides is 1. The molecule has 3 aromatic rings. The van der Waals surface area contributed by atoms with E-state index in [0.29, 0.717) is 21.8 Å². The highest BCUT2D eigenvalue weighted by molar-refractivity contribution is 7.92. The number of sulfonamides is 1. The van der Waals surface area contributed by atoms with Crippen LogP contribution < -0.4 is 10.0 Å². The van der Waals surface area contributed by atoms with Crippen molar-refractivity contribution in [3.05, 3.63) is 70.7 Å². The van der Waals surface area contributed by atoms with Crippen LogP contribution in [0.1, 0.15) is 9.67 Å². The molecule has 3 rings (SSSR count). The van der Waals surface area contributed by atoms with Gasteiger partial charge in [0.1, 0.15) is 5.82 Å². The number of benzene rings is 2. The number of carbonyl (C=O) groups is 1. The van der Waals surface area contributed by atoms with Gasteiger partial charge in [-0.2, -0.15) is 0 Å². The molecule has 1 amide bonds. The highest BCUT2D eigenvalue weighted by Gasteiger charge is 2.12. The van der Waals surface area contributed by atoms with Gasteiger partial charge in [0.25, 0.3) is 5.91 Å². The lowest BCUT2D eigenvalue weighted by Gasteiger charge is -2.07. The molecule has 0 saturated carbocycles. The molecule has 8 heteroatoms. The van der Waals surface area contributed by atoms with Crippen LogP contribution in [0.5, 0.6) is 0 Å². The van der Waals surface area contributed by atoms with Gasteiger partial charge in [0.05, 0.1) is 16.8 Å². The average molecular weight is 390 g/mol.